The first-order valence-electron chi connectivity index (χ1n) is 5.08. The third-order valence-corrected chi connectivity index (χ3v) is 2.15. The van der Waals surface area contributed by atoms with Gasteiger partial charge in [-0.2, -0.15) is 0 Å². The summed E-state index contributed by atoms with van der Waals surface area (Å²) in [6, 6.07) is 2.01. The third-order valence-electron chi connectivity index (χ3n) is 2.15. The zero-order valence-corrected chi connectivity index (χ0v) is 9.35. The zero-order chi connectivity index (χ0) is 11.1. The fourth-order valence-corrected chi connectivity index (χ4v) is 1.28. The smallest absolute Gasteiger partial charge is 0.115 e. The largest absolute Gasteiger partial charge is 0.329 e. The van der Waals surface area contributed by atoms with Crippen LogP contribution in [0.1, 0.15) is 11.7 Å². The van der Waals surface area contributed by atoms with Crippen molar-refractivity contribution in [3.05, 3.63) is 24.3 Å². The van der Waals surface area contributed by atoms with E-state index in [9.17, 15) is 0 Å². The van der Waals surface area contributed by atoms with E-state index in [2.05, 4.69) is 20.2 Å². The molecule has 5 nitrogen and oxygen atoms in total. The molecule has 0 saturated heterocycles. The van der Waals surface area contributed by atoms with Gasteiger partial charge in [0.1, 0.15) is 6.33 Å². The number of likely N-dealkylation sites (N-methyl/N-ethyl adjacent to an activating group) is 1. The molecule has 0 saturated carbocycles. The quantitative estimate of drug-likeness (QED) is 0.669. The van der Waals surface area contributed by atoms with E-state index in [4.69, 9.17) is 5.73 Å². The first-order chi connectivity index (χ1) is 7.24. The molecule has 0 aliphatic carbocycles. The van der Waals surface area contributed by atoms with Gasteiger partial charge in [0.05, 0.1) is 11.7 Å². The highest BCUT2D eigenvalue weighted by Gasteiger charge is 2.09. The Morgan fingerprint density at radius 1 is 1.53 bits per heavy atom. The normalized spacial score (nSPS) is 13.1. The highest BCUT2D eigenvalue weighted by atomic mass is 15.1. The van der Waals surface area contributed by atoms with E-state index in [1.165, 1.54) is 0 Å². The molecule has 15 heavy (non-hydrogen) atoms. The van der Waals surface area contributed by atoms with Gasteiger partial charge in [-0.15, -0.1) is 0 Å². The maximum atomic E-state index is 5.69. The standard InChI is InChI=1S/C10H19N5/c1-15(2)6-5-13-10(7-11)9-3-4-12-8-14-9/h3-4,8,10,13H,5-7,11H2,1-2H3. The molecule has 1 atom stereocenters. The zero-order valence-electron chi connectivity index (χ0n) is 9.35. The topological polar surface area (TPSA) is 67.1 Å². The van der Waals surface area contributed by atoms with Gasteiger partial charge in [0.15, 0.2) is 0 Å². The molecular weight excluding hydrogens is 190 g/mol. The van der Waals surface area contributed by atoms with E-state index >= 15 is 0 Å². The number of nitrogens with zero attached hydrogens (tertiary/aromatic N) is 3. The van der Waals surface area contributed by atoms with Crippen LogP contribution in [0.15, 0.2) is 18.6 Å². The number of hydrogen-bond donors (Lipinski definition) is 2. The molecule has 0 aliphatic heterocycles. The molecule has 0 fully saturated rings. The van der Waals surface area contributed by atoms with E-state index in [1.54, 1.807) is 12.5 Å². The van der Waals surface area contributed by atoms with E-state index in [-0.39, 0.29) is 6.04 Å². The Labute approximate surface area is 90.7 Å². The maximum Gasteiger partial charge on any atom is 0.115 e. The fraction of sp³-hybridized carbons (Fsp3) is 0.600. The predicted octanol–water partition coefficient (Wildman–Crippen LogP) is -0.372. The molecular formula is C10H19N5. The maximum absolute atomic E-state index is 5.69. The Bertz CT molecular complexity index is 262. The van der Waals surface area contributed by atoms with Crippen LogP contribution in [0, 0.1) is 0 Å². The van der Waals surface area contributed by atoms with Crippen LogP contribution in [-0.2, 0) is 0 Å². The molecule has 1 aromatic rings. The number of aromatic nitrogens is 2. The monoisotopic (exact) mass is 209 g/mol. The summed E-state index contributed by atoms with van der Waals surface area (Å²) >= 11 is 0. The minimum Gasteiger partial charge on any atom is -0.329 e. The molecule has 1 rings (SSSR count). The molecule has 0 aliphatic rings. The van der Waals surface area contributed by atoms with Crippen LogP contribution >= 0.6 is 0 Å². The molecule has 84 valence electrons. The lowest BCUT2D eigenvalue weighted by molar-refractivity contribution is 0.384. The first kappa shape index (κ1) is 12.0. The molecule has 0 aromatic carbocycles. The summed E-state index contributed by atoms with van der Waals surface area (Å²) in [6.07, 6.45) is 3.28. The summed E-state index contributed by atoms with van der Waals surface area (Å²) in [5.74, 6) is 0. The first-order valence-corrected chi connectivity index (χ1v) is 5.08. The Balaban J connectivity index is 2.43. The van der Waals surface area contributed by atoms with Crippen LogP contribution in [-0.4, -0.2) is 48.6 Å². The van der Waals surface area contributed by atoms with Crippen molar-refractivity contribution >= 4 is 0 Å². The average molecular weight is 209 g/mol. The lowest BCUT2D eigenvalue weighted by Gasteiger charge is -2.17. The van der Waals surface area contributed by atoms with Gasteiger partial charge in [0, 0.05) is 25.8 Å². The Kier molecular flexibility index (Phi) is 5.17. The SMILES string of the molecule is CN(C)CCNC(CN)c1ccncn1. The molecule has 0 bridgehead atoms. The Hall–Kier alpha value is -1.04. The van der Waals surface area contributed by atoms with Gasteiger partial charge in [-0.3, -0.25) is 0 Å². The van der Waals surface area contributed by atoms with Gasteiger partial charge < -0.3 is 16.0 Å². The van der Waals surface area contributed by atoms with Gasteiger partial charge in [0.25, 0.3) is 0 Å². The number of nitrogens with two attached hydrogens (primary N) is 1. The summed E-state index contributed by atoms with van der Waals surface area (Å²) in [4.78, 5) is 10.2. The van der Waals surface area contributed by atoms with Gasteiger partial charge in [-0.05, 0) is 20.2 Å². The van der Waals surface area contributed by atoms with E-state index in [1.807, 2.05) is 20.2 Å². The van der Waals surface area contributed by atoms with E-state index < -0.39 is 0 Å². The van der Waals surface area contributed by atoms with Crippen molar-refractivity contribution < 1.29 is 0 Å². The average Bonchev–Trinajstić information content (AvgIpc) is 2.25. The van der Waals surface area contributed by atoms with Gasteiger partial charge in [0.2, 0.25) is 0 Å². The van der Waals surface area contributed by atoms with Crippen molar-refractivity contribution in [2.75, 3.05) is 33.7 Å². The molecule has 0 spiro atoms. The molecule has 5 heteroatoms. The highest BCUT2D eigenvalue weighted by molar-refractivity contribution is 5.05. The van der Waals surface area contributed by atoms with Crippen LogP contribution in [0.4, 0.5) is 0 Å². The van der Waals surface area contributed by atoms with Crippen molar-refractivity contribution in [2.45, 2.75) is 6.04 Å². The summed E-state index contributed by atoms with van der Waals surface area (Å²) in [5, 5.41) is 3.36. The van der Waals surface area contributed by atoms with Crippen LogP contribution in [0.25, 0.3) is 0 Å². The molecule has 1 aromatic heterocycles. The molecule has 1 heterocycles. The highest BCUT2D eigenvalue weighted by Crippen LogP contribution is 2.05. The Morgan fingerprint density at radius 3 is 2.87 bits per heavy atom. The van der Waals surface area contributed by atoms with Crippen molar-refractivity contribution in [3.63, 3.8) is 0 Å². The lowest BCUT2D eigenvalue weighted by Crippen LogP contribution is -2.34. The van der Waals surface area contributed by atoms with Crippen molar-refractivity contribution in [1.29, 1.82) is 0 Å². The third kappa shape index (κ3) is 4.33. The van der Waals surface area contributed by atoms with Crippen molar-refractivity contribution in [2.24, 2.45) is 5.73 Å². The molecule has 3 N–H and O–H groups in total. The summed E-state index contributed by atoms with van der Waals surface area (Å²) in [5.41, 5.74) is 6.64. The second kappa shape index (κ2) is 6.44. The molecule has 0 amide bonds. The van der Waals surface area contributed by atoms with Crippen molar-refractivity contribution in [1.82, 2.24) is 20.2 Å². The van der Waals surface area contributed by atoms with E-state index in [0.717, 1.165) is 18.8 Å². The number of rotatable bonds is 6. The molecule has 0 radical (unpaired) electrons. The molecule has 1 unspecified atom stereocenters. The number of hydrogen-bond acceptors (Lipinski definition) is 5. The van der Waals surface area contributed by atoms with Crippen LogP contribution < -0.4 is 11.1 Å². The second-order valence-electron chi connectivity index (χ2n) is 3.68. The van der Waals surface area contributed by atoms with Crippen LogP contribution in [0.3, 0.4) is 0 Å². The van der Waals surface area contributed by atoms with Crippen LogP contribution in [0.5, 0.6) is 0 Å². The fourth-order valence-electron chi connectivity index (χ4n) is 1.28. The van der Waals surface area contributed by atoms with Gasteiger partial charge >= 0.3 is 0 Å². The predicted molar refractivity (Wildman–Crippen MR) is 60.4 cm³/mol. The van der Waals surface area contributed by atoms with Gasteiger partial charge in [-0.25, -0.2) is 9.97 Å². The minimum atomic E-state index is 0.118. The summed E-state index contributed by atoms with van der Waals surface area (Å²) in [7, 11) is 4.09. The van der Waals surface area contributed by atoms with Crippen LogP contribution in [0.2, 0.25) is 0 Å². The lowest BCUT2D eigenvalue weighted by atomic mass is 10.2. The van der Waals surface area contributed by atoms with E-state index in [0.29, 0.717) is 6.54 Å². The number of nitrogens with one attached hydrogen (secondary N) is 1. The van der Waals surface area contributed by atoms with Gasteiger partial charge in [-0.1, -0.05) is 0 Å². The Morgan fingerprint density at radius 2 is 2.33 bits per heavy atom. The summed E-state index contributed by atoms with van der Waals surface area (Å²) in [6.45, 7) is 2.44. The minimum absolute atomic E-state index is 0.118. The second-order valence-corrected chi connectivity index (χ2v) is 3.68. The van der Waals surface area contributed by atoms with Crippen molar-refractivity contribution in [3.8, 4) is 0 Å². The summed E-state index contributed by atoms with van der Waals surface area (Å²) < 4.78 is 0.